The predicted molar refractivity (Wildman–Crippen MR) is 82.8 cm³/mol. The van der Waals surface area contributed by atoms with Gasteiger partial charge in [0.1, 0.15) is 0 Å². The number of likely N-dealkylation sites (tertiary alicyclic amines) is 1. The normalized spacial score (nSPS) is 16.6. The lowest BCUT2D eigenvalue weighted by Crippen LogP contribution is -2.31. The largest absolute Gasteiger partial charge is 0.352 e. The van der Waals surface area contributed by atoms with Gasteiger partial charge >= 0.3 is 0 Å². The zero-order valence-corrected chi connectivity index (χ0v) is 12.7. The first-order valence-electron chi connectivity index (χ1n) is 7.47. The molecule has 0 bridgehead atoms. The average Bonchev–Trinajstić information content (AvgIpc) is 2.73. The molecule has 2 rings (SSSR count). The molecule has 0 aliphatic carbocycles. The van der Waals surface area contributed by atoms with E-state index in [4.69, 9.17) is 11.6 Å². The molecule has 1 N–H and O–H groups in total. The molecule has 0 aromatic heterocycles. The fourth-order valence-corrected chi connectivity index (χ4v) is 2.64. The number of nitrogens with one attached hydrogen (secondary N) is 1. The Bertz CT molecular complexity index is 411. The van der Waals surface area contributed by atoms with Gasteiger partial charge in [-0.1, -0.05) is 36.6 Å². The highest BCUT2D eigenvalue weighted by Crippen LogP contribution is 2.10. The second kappa shape index (κ2) is 8.28. The molecule has 0 spiro atoms. The Hall–Kier alpha value is -1.06. The third-order valence-electron chi connectivity index (χ3n) is 3.76. The van der Waals surface area contributed by atoms with E-state index in [0.29, 0.717) is 13.0 Å². The highest BCUT2D eigenvalue weighted by atomic mass is 35.5. The molecule has 20 heavy (non-hydrogen) atoms. The SMILES string of the molecule is O=C(CCN1CCCCCC1)NCc1ccc(Cl)cc1. The Morgan fingerprint density at radius 1 is 1.10 bits per heavy atom. The standard InChI is InChI=1S/C16H23ClN2O/c17-15-7-5-14(6-8-15)13-18-16(20)9-12-19-10-3-1-2-4-11-19/h5-8H,1-4,9-13H2,(H,18,20). The van der Waals surface area contributed by atoms with Crippen molar-refractivity contribution in [2.45, 2.75) is 38.6 Å². The Morgan fingerprint density at radius 2 is 1.75 bits per heavy atom. The van der Waals surface area contributed by atoms with E-state index in [2.05, 4.69) is 10.2 Å². The summed E-state index contributed by atoms with van der Waals surface area (Å²) in [5.41, 5.74) is 1.08. The molecule has 0 atom stereocenters. The summed E-state index contributed by atoms with van der Waals surface area (Å²) in [6.07, 6.45) is 5.80. The predicted octanol–water partition coefficient (Wildman–Crippen LogP) is 3.22. The summed E-state index contributed by atoms with van der Waals surface area (Å²) in [5, 5.41) is 3.69. The van der Waals surface area contributed by atoms with Gasteiger partial charge in [0.05, 0.1) is 0 Å². The van der Waals surface area contributed by atoms with Crippen molar-refractivity contribution in [3.8, 4) is 0 Å². The van der Waals surface area contributed by atoms with Crippen LogP contribution < -0.4 is 5.32 Å². The van der Waals surface area contributed by atoms with Crippen LogP contribution in [0.5, 0.6) is 0 Å². The summed E-state index contributed by atoms with van der Waals surface area (Å²) in [4.78, 5) is 14.3. The maximum absolute atomic E-state index is 11.8. The summed E-state index contributed by atoms with van der Waals surface area (Å²) < 4.78 is 0. The number of amides is 1. The average molecular weight is 295 g/mol. The number of nitrogens with zero attached hydrogens (tertiary/aromatic N) is 1. The van der Waals surface area contributed by atoms with Crippen molar-refractivity contribution < 1.29 is 4.79 Å². The van der Waals surface area contributed by atoms with Crippen molar-refractivity contribution in [2.75, 3.05) is 19.6 Å². The molecule has 1 heterocycles. The fraction of sp³-hybridized carbons (Fsp3) is 0.562. The summed E-state index contributed by atoms with van der Waals surface area (Å²) in [6, 6.07) is 7.58. The minimum Gasteiger partial charge on any atom is -0.352 e. The molecule has 1 aromatic carbocycles. The van der Waals surface area contributed by atoms with E-state index in [-0.39, 0.29) is 5.91 Å². The minimum absolute atomic E-state index is 0.129. The second-order valence-electron chi connectivity index (χ2n) is 5.41. The van der Waals surface area contributed by atoms with Crippen LogP contribution >= 0.6 is 11.6 Å². The van der Waals surface area contributed by atoms with Gasteiger partial charge in [0.2, 0.25) is 5.91 Å². The van der Waals surface area contributed by atoms with E-state index < -0.39 is 0 Å². The van der Waals surface area contributed by atoms with Crippen molar-refractivity contribution in [1.29, 1.82) is 0 Å². The molecule has 1 aliphatic rings. The van der Waals surface area contributed by atoms with Gasteiger partial charge in [0.15, 0.2) is 0 Å². The van der Waals surface area contributed by atoms with Crippen LogP contribution in [0.2, 0.25) is 5.02 Å². The number of carbonyl (C=O) groups is 1. The molecule has 0 unspecified atom stereocenters. The molecular weight excluding hydrogens is 272 g/mol. The molecule has 3 nitrogen and oxygen atoms in total. The van der Waals surface area contributed by atoms with Crippen molar-refractivity contribution in [3.05, 3.63) is 34.9 Å². The number of hydrogen-bond donors (Lipinski definition) is 1. The monoisotopic (exact) mass is 294 g/mol. The molecule has 110 valence electrons. The van der Waals surface area contributed by atoms with Crippen molar-refractivity contribution in [1.82, 2.24) is 10.2 Å². The summed E-state index contributed by atoms with van der Waals surface area (Å²) in [5.74, 6) is 0.129. The lowest BCUT2D eigenvalue weighted by Gasteiger charge is -2.19. The van der Waals surface area contributed by atoms with Crippen LogP contribution in [0.15, 0.2) is 24.3 Å². The number of rotatable bonds is 5. The number of hydrogen-bond acceptors (Lipinski definition) is 2. The third kappa shape index (κ3) is 5.51. The lowest BCUT2D eigenvalue weighted by atomic mass is 10.2. The minimum atomic E-state index is 0.129. The van der Waals surface area contributed by atoms with Gasteiger partial charge < -0.3 is 10.2 Å². The van der Waals surface area contributed by atoms with Crippen molar-refractivity contribution >= 4 is 17.5 Å². The molecule has 1 aliphatic heterocycles. The van der Waals surface area contributed by atoms with E-state index in [1.165, 1.54) is 25.7 Å². The van der Waals surface area contributed by atoms with Gasteiger partial charge in [0, 0.05) is 24.5 Å². The summed E-state index contributed by atoms with van der Waals surface area (Å²) >= 11 is 5.83. The maximum atomic E-state index is 11.8. The third-order valence-corrected chi connectivity index (χ3v) is 4.01. The molecule has 1 fully saturated rings. The van der Waals surface area contributed by atoms with Crippen LogP contribution in [0.3, 0.4) is 0 Å². The van der Waals surface area contributed by atoms with Crippen LogP contribution in [-0.2, 0) is 11.3 Å². The zero-order chi connectivity index (χ0) is 14.2. The van der Waals surface area contributed by atoms with Gasteiger partial charge in [-0.15, -0.1) is 0 Å². The molecule has 1 amide bonds. The number of carbonyl (C=O) groups excluding carboxylic acids is 1. The van der Waals surface area contributed by atoms with Crippen LogP contribution in [0, 0.1) is 0 Å². The second-order valence-corrected chi connectivity index (χ2v) is 5.85. The van der Waals surface area contributed by atoms with Crippen molar-refractivity contribution in [3.63, 3.8) is 0 Å². The van der Waals surface area contributed by atoms with Gasteiger partial charge in [0.25, 0.3) is 0 Å². The molecule has 1 saturated heterocycles. The molecule has 1 aromatic rings. The first kappa shape index (κ1) is 15.3. The highest BCUT2D eigenvalue weighted by molar-refractivity contribution is 6.30. The first-order valence-corrected chi connectivity index (χ1v) is 7.85. The van der Waals surface area contributed by atoms with Crippen molar-refractivity contribution in [2.24, 2.45) is 0 Å². The van der Waals surface area contributed by atoms with E-state index in [1.54, 1.807) is 0 Å². The smallest absolute Gasteiger partial charge is 0.221 e. The quantitative estimate of drug-likeness (QED) is 0.904. The molecule has 4 heteroatoms. The van der Waals surface area contributed by atoms with Crippen LogP contribution in [-0.4, -0.2) is 30.4 Å². The highest BCUT2D eigenvalue weighted by Gasteiger charge is 2.10. The molecular formula is C16H23ClN2O. The number of halogens is 1. The van der Waals surface area contributed by atoms with Gasteiger partial charge in [-0.05, 0) is 43.6 Å². The van der Waals surface area contributed by atoms with E-state index >= 15 is 0 Å². The van der Waals surface area contributed by atoms with E-state index in [0.717, 1.165) is 30.2 Å². The van der Waals surface area contributed by atoms with Gasteiger partial charge in [-0.25, -0.2) is 0 Å². The number of benzene rings is 1. The molecule has 0 radical (unpaired) electrons. The Labute approximate surface area is 126 Å². The molecule has 0 saturated carbocycles. The van der Waals surface area contributed by atoms with E-state index in [1.807, 2.05) is 24.3 Å². The maximum Gasteiger partial charge on any atom is 0.221 e. The summed E-state index contributed by atoms with van der Waals surface area (Å²) in [7, 11) is 0. The van der Waals surface area contributed by atoms with Crippen LogP contribution in [0.25, 0.3) is 0 Å². The van der Waals surface area contributed by atoms with Gasteiger partial charge in [-0.2, -0.15) is 0 Å². The zero-order valence-electron chi connectivity index (χ0n) is 11.9. The fourth-order valence-electron chi connectivity index (χ4n) is 2.51. The van der Waals surface area contributed by atoms with E-state index in [9.17, 15) is 4.79 Å². The van der Waals surface area contributed by atoms with Crippen LogP contribution in [0.1, 0.15) is 37.7 Å². The van der Waals surface area contributed by atoms with Crippen LogP contribution in [0.4, 0.5) is 0 Å². The Balaban J connectivity index is 1.66. The summed E-state index contributed by atoms with van der Waals surface area (Å²) in [6.45, 7) is 3.75. The first-order chi connectivity index (χ1) is 9.74. The Morgan fingerprint density at radius 3 is 2.40 bits per heavy atom. The topological polar surface area (TPSA) is 32.3 Å². The Kier molecular flexibility index (Phi) is 6.34. The lowest BCUT2D eigenvalue weighted by molar-refractivity contribution is -0.121. The van der Waals surface area contributed by atoms with Gasteiger partial charge in [-0.3, -0.25) is 4.79 Å².